The standard InChI is InChI=1S/C24H27N7O2/c1-6-30(7-2)17-9-10-18(15(4)13-17)28-20-21(24(32)33-8-3)29-31-22(16(5)27-23(20)31)19-14-25-11-12-26-19/h9-14H,6-8H2,1-5H3. The number of benzene rings is 1. The summed E-state index contributed by atoms with van der Waals surface area (Å²) in [6.07, 6.45) is 4.85. The van der Waals surface area contributed by atoms with Crippen molar-refractivity contribution in [3.63, 3.8) is 0 Å². The van der Waals surface area contributed by atoms with E-state index in [9.17, 15) is 4.79 Å². The zero-order chi connectivity index (χ0) is 23.5. The second-order valence-electron chi connectivity index (χ2n) is 7.54. The molecule has 1 aromatic carbocycles. The molecule has 0 aliphatic carbocycles. The maximum absolute atomic E-state index is 12.7. The van der Waals surface area contributed by atoms with Crippen molar-refractivity contribution in [2.45, 2.75) is 34.6 Å². The number of aliphatic imine (C=N–C) groups is 1. The third-order valence-electron chi connectivity index (χ3n) is 5.48. The van der Waals surface area contributed by atoms with Crippen LogP contribution in [0, 0.1) is 13.8 Å². The van der Waals surface area contributed by atoms with Crippen LogP contribution in [-0.4, -0.2) is 56.7 Å². The van der Waals surface area contributed by atoms with Gasteiger partial charge in [-0.1, -0.05) is 0 Å². The minimum Gasteiger partial charge on any atom is -0.461 e. The molecular formula is C24H27N7O2. The Morgan fingerprint density at radius 2 is 1.94 bits per heavy atom. The van der Waals surface area contributed by atoms with Gasteiger partial charge in [-0.25, -0.2) is 19.4 Å². The van der Waals surface area contributed by atoms with Gasteiger partial charge in [0.2, 0.25) is 0 Å². The molecule has 0 N–H and O–H groups in total. The molecule has 2 aromatic heterocycles. The van der Waals surface area contributed by atoms with E-state index in [4.69, 9.17) is 9.73 Å². The number of carbonyl (C=O) groups excluding carboxylic acids is 1. The van der Waals surface area contributed by atoms with Crippen molar-refractivity contribution in [2.24, 2.45) is 10.1 Å². The Morgan fingerprint density at radius 1 is 1.15 bits per heavy atom. The van der Waals surface area contributed by atoms with Crippen molar-refractivity contribution in [3.8, 4) is 11.4 Å². The fourth-order valence-corrected chi connectivity index (χ4v) is 3.85. The number of fused-ring (bicyclic) bond motifs is 1. The van der Waals surface area contributed by atoms with E-state index in [0.717, 1.165) is 35.7 Å². The average molecular weight is 446 g/mol. The van der Waals surface area contributed by atoms with Crippen LogP contribution in [0.4, 0.5) is 11.4 Å². The molecule has 0 bridgehead atoms. The van der Waals surface area contributed by atoms with E-state index < -0.39 is 5.97 Å². The van der Waals surface area contributed by atoms with Gasteiger partial charge >= 0.3 is 5.97 Å². The molecule has 0 saturated carbocycles. The second kappa shape index (κ2) is 9.32. The summed E-state index contributed by atoms with van der Waals surface area (Å²) in [5.41, 5.74) is 5.37. The number of anilines is 1. The highest BCUT2D eigenvalue weighted by Gasteiger charge is 2.34. The second-order valence-corrected chi connectivity index (χ2v) is 7.54. The lowest BCUT2D eigenvalue weighted by molar-refractivity contribution is -0.134. The van der Waals surface area contributed by atoms with Gasteiger partial charge in [-0.2, -0.15) is 5.10 Å². The van der Waals surface area contributed by atoms with Crippen LogP contribution in [0.2, 0.25) is 0 Å². The van der Waals surface area contributed by atoms with Gasteiger partial charge in [0.1, 0.15) is 17.1 Å². The summed E-state index contributed by atoms with van der Waals surface area (Å²) in [5.74, 6) is -0.0645. The third-order valence-corrected chi connectivity index (χ3v) is 5.48. The summed E-state index contributed by atoms with van der Waals surface area (Å²) in [6.45, 7) is 12.0. The van der Waals surface area contributed by atoms with E-state index in [-0.39, 0.29) is 12.3 Å². The van der Waals surface area contributed by atoms with Crippen LogP contribution in [-0.2, 0) is 9.53 Å². The molecule has 1 aliphatic heterocycles. The summed E-state index contributed by atoms with van der Waals surface area (Å²) < 4.78 is 6.86. The Morgan fingerprint density at radius 3 is 2.58 bits per heavy atom. The Bertz CT molecular complexity index is 1240. The summed E-state index contributed by atoms with van der Waals surface area (Å²) in [6, 6.07) is 6.10. The first kappa shape index (κ1) is 22.3. The quantitative estimate of drug-likeness (QED) is 0.514. The molecule has 1 aliphatic rings. The molecule has 4 rings (SSSR count). The van der Waals surface area contributed by atoms with Crippen LogP contribution in [0.5, 0.6) is 0 Å². The lowest BCUT2D eigenvalue weighted by atomic mass is 10.1. The van der Waals surface area contributed by atoms with E-state index in [2.05, 4.69) is 44.9 Å². The van der Waals surface area contributed by atoms with Gasteiger partial charge in [-0.05, 0) is 58.4 Å². The fraction of sp³-hybridized carbons (Fsp3) is 0.333. The molecule has 0 radical (unpaired) electrons. The van der Waals surface area contributed by atoms with Crippen LogP contribution < -0.4 is 4.90 Å². The minimum atomic E-state index is -0.540. The number of carbonyl (C=O) groups is 1. The van der Waals surface area contributed by atoms with Gasteiger partial charge in [0.05, 0.1) is 24.2 Å². The predicted molar refractivity (Wildman–Crippen MR) is 128 cm³/mol. The first-order valence-electron chi connectivity index (χ1n) is 11.0. The molecule has 33 heavy (non-hydrogen) atoms. The molecule has 0 unspecified atom stereocenters. The van der Waals surface area contributed by atoms with Crippen molar-refractivity contribution in [1.29, 1.82) is 0 Å². The summed E-state index contributed by atoms with van der Waals surface area (Å²) in [5, 5.41) is 4.54. The van der Waals surface area contributed by atoms with Crippen molar-refractivity contribution in [1.82, 2.24) is 19.6 Å². The third kappa shape index (κ3) is 4.13. The highest BCUT2D eigenvalue weighted by atomic mass is 16.5. The van der Waals surface area contributed by atoms with Crippen LogP contribution in [0.25, 0.3) is 11.4 Å². The van der Waals surface area contributed by atoms with E-state index in [1.165, 1.54) is 0 Å². The number of imidazole rings is 1. The largest absolute Gasteiger partial charge is 0.461 e. The van der Waals surface area contributed by atoms with Gasteiger partial charge in [0.25, 0.3) is 0 Å². The SMILES string of the molecule is CCOC(=O)C1=Nn2c(nc(C)c2-c2cnccn2)C1=Nc1ccc(N(CC)CC)cc1C. The number of aromatic nitrogens is 4. The maximum Gasteiger partial charge on any atom is 0.361 e. The molecule has 3 aromatic rings. The molecule has 9 nitrogen and oxygen atoms in total. The molecule has 0 spiro atoms. The highest BCUT2D eigenvalue weighted by molar-refractivity contribution is 6.69. The fourth-order valence-electron chi connectivity index (χ4n) is 3.85. The smallest absolute Gasteiger partial charge is 0.361 e. The first-order chi connectivity index (χ1) is 16.0. The molecule has 0 fully saturated rings. The highest BCUT2D eigenvalue weighted by Crippen LogP contribution is 2.30. The monoisotopic (exact) mass is 445 g/mol. The van der Waals surface area contributed by atoms with E-state index >= 15 is 0 Å². The van der Waals surface area contributed by atoms with Gasteiger partial charge in [-0.3, -0.25) is 9.97 Å². The van der Waals surface area contributed by atoms with Crippen molar-refractivity contribution in [2.75, 3.05) is 24.6 Å². The van der Waals surface area contributed by atoms with Gasteiger partial charge in [0, 0.05) is 31.2 Å². The number of hydrogen-bond donors (Lipinski definition) is 0. The molecule has 0 saturated heterocycles. The van der Waals surface area contributed by atoms with E-state index in [1.807, 2.05) is 26.0 Å². The van der Waals surface area contributed by atoms with Crippen molar-refractivity contribution in [3.05, 3.63) is 53.9 Å². The number of esters is 1. The van der Waals surface area contributed by atoms with Crippen LogP contribution in [0.1, 0.15) is 37.9 Å². The summed E-state index contributed by atoms with van der Waals surface area (Å²) in [4.78, 5) is 33.0. The minimum absolute atomic E-state index is 0.122. The summed E-state index contributed by atoms with van der Waals surface area (Å²) >= 11 is 0. The number of aryl methyl sites for hydroxylation is 2. The molecule has 0 atom stereocenters. The molecular weight excluding hydrogens is 418 g/mol. The molecule has 170 valence electrons. The topological polar surface area (TPSA) is 97.9 Å². The Hall–Kier alpha value is -3.88. The van der Waals surface area contributed by atoms with Gasteiger partial charge in [0.15, 0.2) is 11.5 Å². The lowest BCUT2D eigenvalue weighted by Gasteiger charge is -2.21. The van der Waals surface area contributed by atoms with Crippen molar-refractivity contribution >= 4 is 28.8 Å². The number of rotatable bonds is 7. The molecule has 0 amide bonds. The van der Waals surface area contributed by atoms with Crippen LogP contribution >= 0.6 is 0 Å². The Kier molecular flexibility index (Phi) is 6.30. The van der Waals surface area contributed by atoms with Crippen LogP contribution in [0.15, 0.2) is 46.9 Å². The number of nitrogens with zero attached hydrogens (tertiary/aromatic N) is 7. The van der Waals surface area contributed by atoms with E-state index in [1.54, 1.807) is 30.2 Å². The van der Waals surface area contributed by atoms with Crippen molar-refractivity contribution < 1.29 is 9.53 Å². The average Bonchev–Trinajstić information content (AvgIpc) is 3.31. The molecule has 9 heteroatoms. The normalized spacial score (nSPS) is 13.7. The zero-order valence-electron chi connectivity index (χ0n) is 19.5. The Labute approximate surface area is 192 Å². The van der Waals surface area contributed by atoms with E-state index in [0.29, 0.717) is 22.9 Å². The Balaban J connectivity index is 1.84. The van der Waals surface area contributed by atoms with Crippen LogP contribution in [0.3, 0.4) is 0 Å². The predicted octanol–water partition coefficient (Wildman–Crippen LogP) is 3.70. The summed E-state index contributed by atoms with van der Waals surface area (Å²) in [7, 11) is 0. The zero-order valence-corrected chi connectivity index (χ0v) is 19.5. The van der Waals surface area contributed by atoms with Gasteiger partial charge in [-0.15, -0.1) is 0 Å². The first-order valence-corrected chi connectivity index (χ1v) is 11.0. The number of hydrogen-bond acceptors (Lipinski definition) is 8. The number of ether oxygens (including phenoxy) is 1. The lowest BCUT2D eigenvalue weighted by Crippen LogP contribution is -2.24. The maximum atomic E-state index is 12.7. The molecule has 3 heterocycles. The van der Waals surface area contributed by atoms with Gasteiger partial charge < -0.3 is 9.64 Å².